The van der Waals surface area contributed by atoms with E-state index in [1.807, 2.05) is 48.7 Å². The van der Waals surface area contributed by atoms with E-state index >= 15 is 0 Å². The van der Waals surface area contributed by atoms with Gasteiger partial charge in [-0.05, 0) is 30.4 Å². The van der Waals surface area contributed by atoms with E-state index in [2.05, 4.69) is 5.32 Å². The number of Topliss-reactive ketones (excluding diaryl/α,β-unsaturated/α-hetero) is 1. The number of nitrogens with one attached hydrogen (secondary N) is 1. The van der Waals surface area contributed by atoms with Crippen LogP contribution in [0.15, 0.2) is 47.8 Å². The van der Waals surface area contributed by atoms with Crippen LogP contribution in [-0.2, 0) is 9.53 Å². The predicted octanol–water partition coefficient (Wildman–Crippen LogP) is 4.00. The number of rotatable bonds is 10. The third-order valence-electron chi connectivity index (χ3n) is 3.66. The van der Waals surface area contributed by atoms with Gasteiger partial charge in [-0.3, -0.25) is 9.59 Å². The molecule has 2 aromatic rings. The van der Waals surface area contributed by atoms with Crippen molar-refractivity contribution in [3.8, 4) is 0 Å². The van der Waals surface area contributed by atoms with Crippen LogP contribution in [0.25, 0.3) is 0 Å². The molecular formula is C19H23NO3S. The standard InChI is InChI=1S/C19H23NO3S/c1-15(16-7-3-2-4-8-16)23-13-6-12-20-19(22)11-10-17(21)18-9-5-14-24-18/h2-5,7-9,14-15H,6,10-13H2,1H3,(H,20,22). The Balaban J connectivity index is 1.54. The van der Waals surface area contributed by atoms with Gasteiger partial charge in [-0.2, -0.15) is 0 Å². The zero-order valence-corrected chi connectivity index (χ0v) is 14.7. The lowest BCUT2D eigenvalue weighted by Crippen LogP contribution is -2.25. The number of thiophene rings is 1. The number of benzene rings is 1. The zero-order valence-electron chi connectivity index (χ0n) is 13.9. The van der Waals surface area contributed by atoms with Crippen molar-refractivity contribution in [1.82, 2.24) is 5.32 Å². The van der Waals surface area contributed by atoms with Crippen LogP contribution < -0.4 is 5.32 Å². The van der Waals surface area contributed by atoms with Crippen LogP contribution >= 0.6 is 11.3 Å². The van der Waals surface area contributed by atoms with Gasteiger partial charge in [0, 0.05) is 26.0 Å². The summed E-state index contributed by atoms with van der Waals surface area (Å²) in [6, 6.07) is 13.7. The summed E-state index contributed by atoms with van der Waals surface area (Å²) >= 11 is 1.41. The Kier molecular flexibility index (Phi) is 7.65. The van der Waals surface area contributed by atoms with Gasteiger partial charge in [0.25, 0.3) is 0 Å². The van der Waals surface area contributed by atoms with Crippen molar-refractivity contribution in [2.45, 2.75) is 32.3 Å². The number of hydrogen-bond acceptors (Lipinski definition) is 4. The summed E-state index contributed by atoms with van der Waals surface area (Å²) in [5, 5.41) is 4.69. The number of carbonyl (C=O) groups is 2. The first-order chi connectivity index (χ1) is 11.7. The molecule has 0 aliphatic carbocycles. The van der Waals surface area contributed by atoms with Crippen molar-refractivity contribution in [1.29, 1.82) is 0 Å². The van der Waals surface area contributed by atoms with E-state index < -0.39 is 0 Å². The fourth-order valence-corrected chi connectivity index (χ4v) is 2.95. The Hall–Kier alpha value is -1.98. The van der Waals surface area contributed by atoms with Crippen molar-refractivity contribution < 1.29 is 14.3 Å². The van der Waals surface area contributed by atoms with Crippen LogP contribution in [0.3, 0.4) is 0 Å². The minimum atomic E-state index is -0.0870. The molecule has 1 aromatic carbocycles. The Morgan fingerprint density at radius 3 is 2.62 bits per heavy atom. The summed E-state index contributed by atoms with van der Waals surface area (Å²) in [7, 11) is 0. The van der Waals surface area contributed by atoms with E-state index in [4.69, 9.17) is 4.74 Å². The largest absolute Gasteiger partial charge is 0.374 e. The highest BCUT2D eigenvalue weighted by atomic mass is 32.1. The molecule has 0 aliphatic heterocycles. The number of hydrogen-bond donors (Lipinski definition) is 1. The Morgan fingerprint density at radius 1 is 1.12 bits per heavy atom. The average molecular weight is 345 g/mol. The lowest BCUT2D eigenvalue weighted by Gasteiger charge is -2.13. The maximum Gasteiger partial charge on any atom is 0.220 e. The Bertz CT molecular complexity index is 625. The molecule has 1 N–H and O–H groups in total. The molecule has 0 saturated carbocycles. The molecule has 0 saturated heterocycles. The zero-order chi connectivity index (χ0) is 17.2. The van der Waals surface area contributed by atoms with E-state index in [0.29, 0.717) is 18.0 Å². The highest BCUT2D eigenvalue weighted by molar-refractivity contribution is 7.12. The summed E-state index contributed by atoms with van der Waals surface area (Å²) in [6.45, 7) is 3.17. The first kappa shape index (κ1) is 18.4. The number of ketones is 1. The van der Waals surface area contributed by atoms with E-state index in [1.54, 1.807) is 6.07 Å². The SMILES string of the molecule is CC(OCCCNC(=O)CCC(=O)c1cccs1)c1ccccc1. The molecule has 2 rings (SSSR count). The lowest BCUT2D eigenvalue weighted by molar-refractivity contribution is -0.121. The Morgan fingerprint density at radius 2 is 1.92 bits per heavy atom. The second kappa shape index (κ2) is 10.0. The van der Waals surface area contributed by atoms with Crippen LogP contribution in [0.2, 0.25) is 0 Å². The van der Waals surface area contributed by atoms with Gasteiger partial charge in [0.2, 0.25) is 5.91 Å². The van der Waals surface area contributed by atoms with Gasteiger partial charge in [-0.25, -0.2) is 0 Å². The molecule has 4 nitrogen and oxygen atoms in total. The second-order valence-corrected chi connectivity index (χ2v) is 6.48. The van der Waals surface area contributed by atoms with E-state index in [1.165, 1.54) is 11.3 Å². The molecule has 24 heavy (non-hydrogen) atoms. The monoisotopic (exact) mass is 345 g/mol. The van der Waals surface area contributed by atoms with Crippen LogP contribution in [-0.4, -0.2) is 24.8 Å². The molecule has 1 aromatic heterocycles. The summed E-state index contributed by atoms with van der Waals surface area (Å²) in [5.41, 5.74) is 1.15. The van der Waals surface area contributed by atoms with Crippen LogP contribution in [0.5, 0.6) is 0 Å². The molecule has 1 heterocycles. The fraction of sp³-hybridized carbons (Fsp3) is 0.368. The highest BCUT2D eigenvalue weighted by Crippen LogP contribution is 2.15. The quantitative estimate of drug-likeness (QED) is 0.523. The molecule has 1 atom stereocenters. The summed E-state index contributed by atoms with van der Waals surface area (Å²) < 4.78 is 5.75. The summed E-state index contributed by atoms with van der Waals surface area (Å²) in [5.74, 6) is -0.0591. The first-order valence-corrected chi connectivity index (χ1v) is 9.04. The van der Waals surface area contributed by atoms with Gasteiger partial charge in [0.15, 0.2) is 5.78 Å². The van der Waals surface area contributed by atoms with Gasteiger partial charge in [-0.1, -0.05) is 36.4 Å². The van der Waals surface area contributed by atoms with Crippen LogP contribution in [0.1, 0.15) is 47.5 Å². The van der Waals surface area contributed by atoms with E-state index in [0.717, 1.165) is 12.0 Å². The number of carbonyl (C=O) groups excluding carboxylic acids is 2. The molecule has 5 heteroatoms. The van der Waals surface area contributed by atoms with Crippen molar-refractivity contribution in [3.63, 3.8) is 0 Å². The molecule has 0 spiro atoms. The van der Waals surface area contributed by atoms with E-state index in [-0.39, 0.29) is 30.6 Å². The molecule has 1 unspecified atom stereocenters. The van der Waals surface area contributed by atoms with Crippen molar-refractivity contribution >= 4 is 23.0 Å². The topological polar surface area (TPSA) is 55.4 Å². The van der Waals surface area contributed by atoms with Gasteiger partial charge in [0.05, 0.1) is 11.0 Å². The normalized spacial score (nSPS) is 11.9. The average Bonchev–Trinajstić information content (AvgIpc) is 3.14. The molecule has 0 bridgehead atoms. The minimum absolute atomic E-state index is 0.0279. The first-order valence-electron chi connectivity index (χ1n) is 8.17. The molecule has 0 aliphatic rings. The molecular weight excluding hydrogens is 322 g/mol. The van der Waals surface area contributed by atoms with E-state index in [9.17, 15) is 9.59 Å². The van der Waals surface area contributed by atoms with Crippen LogP contribution in [0, 0.1) is 0 Å². The molecule has 128 valence electrons. The van der Waals surface area contributed by atoms with Crippen molar-refractivity contribution in [2.75, 3.05) is 13.2 Å². The van der Waals surface area contributed by atoms with Gasteiger partial charge in [0.1, 0.15) is 0 Å². The maximum absolute atomic E-state index is 11.8. The number of amides is 1. The van der Waals surface area contributed by atoms with Gasteiger partial charge in [-0.15, -0.1) is 11.3 Å². The minimum Gasteiger partial charge on any atom is -0.374 e. The second-order valence-electron chi connectivity index (χ2n) is 5.53. The van der Waals surface area contributed by atoms with Crippen molar-refractivity contribution in [3.05, 3.63) is 58.3 Å². The Labute approximate surface area is 146 Å². The van der Waals surface area contributed by atoms with Crippen LogP contribution in [0.4, 0.5) is 0 Å². The smallest absolute Gasteiger partial charge is 0.220 e. The molecule has 0 radical (unpaired) electrons. The lowest BCUT2D eigenvalue weighted by atomic mass is 10.1. The third kappa shape index (κ3) is 6.26. The van der Waals surface area contributed by atoms with Crippen molar-refractivity contribution in [2.24, 2.45) is 0 Å². The summed E-state index contributed by atoms with van der Waals surface area (Å²) in [6.07, 6.45) is 1.29. The molecule has 0 fully saturated rings. The van der Waals surface area contributed by atoms with Gasteiger partial charge >= 0.3 is 0 Å². The summed E-state index contributed by atoms with van der Waals surface area (Å²) in [4.78, 5) is 24.3. The fourth-order valence-electron chi connectivity index (χ4n) is 2.26. The highest BCUT2D eigenvalue weighted by Gasteiger charge is 2.10. The maximum atomic E-state index is 11.8. The molecule has 1 amide bonds. The number of ether oxygens (including phenoxy) is 1. The van der Waals surface area contributed by atoms with Gasteiger partial charge < -0.3 is 10.1 Å². The predicted molar refractivity (Wildman–Crippen MR) is 96.3 cm³/mol. The third-order valence-corrected chi connectivity index (χ3v) is 4.57.